The average Bonchev–Trinajstić information content (AvgIpc) is 2.62. The highest BCUT2D eigenvalue weighted by atomic mass is 79.9. The highest BCUT2D eigenvalue weighted by Crippen LogP contribution is 2.59. The maximum Gasteiger partial charge on any atom is 0.0931 e. The summed E-state index contributed by atoms with van der Waals surface area (Å²) in [4.78, 5) is 1.86. The van der Waals surface area contributed by atoms with Gasteiger partial charge in [-0.15, -0.1) is 11.3 Å². The van der Waals surface area contributed by atoms with Gasteiger partial charge in [-0.1, -0.05) is 34.5 Å². The van der Waals surface area contributed by atoms with E-state index in [0.29, 0.717) is 10.2 Å². The van der Waals surface area contributed by atoms with Crippen molar-refractivity contribution in [3.05, 3.63) is 21.3 Å². The normalized spacial score (nSPS) is 22.2. The van der Waals surface area contributed by atoms with Gasteiger partial charge in [0.1, 0.15) is 0 Å². The zero-order chi connectivity index (χ0) is 8.77. The highest BCUT2D eigenvalue weighted by molar-refractivity contribution is 9.09. The number of halogens is 2. The highest BCUT2D eigenvalue weighted by Gasteiger charge is 2.44. The minimum atomic E-state index is 0.494. The molecule has 0 radical (unpaired) electrons. The van der Waals surface area contributed by atoms with Crippen LogP contribution in [0.25, 0.3) is 0 Å². The van der Waals surface area contributed by atoms with Gasteiger partial charge in [0.15, 0.2) is 0 Å². The second-order valence-corrected chi connectivity index (χ2v) is 6.32. The smallest absolute Gasteiger partial charge is 0.0931 e. The van der Waals surface area contributed by atoms with Crippen LogP contribution < -0.4 is 0 Å². The summed E-state index contributed by atoms with van der Waals surface area (Å²) in [7, 11) is 0. The van der Waals surface area contributed by atoms with Crippen LogP contribution >= 0.6 is 38.9 Å². The Kier molecular flexibility index (Phi) is 2.26. The Morgan fingerprint density at radius 1 is 1.58 bits per heavy atom. The van der Waals surface area contributed by atoms with E-state index in [1.54, 1.807) is 11.3 Å². The lowest BCUT2D eigenvalue weighted by atomic mass is 10.0. The Labute approximate surface area is 90.1 Å². The van der Waals surface area contributed by atoms with E-state index in [9.17, 15) is 0 Å². The third-order valence-electron chi connectivity index (χ3n) is 2.49. The zero-order valence-corrected chi connectivity index (χ0v) is 9.97. The predicted molar refractivity (Wildman–Crippen MR) is 58.3 cm³/mol. The Bertz CT molecular complexity index is 290. The fourth-order valence-corrected chi connectivity index (χ4v) is 3.36. The van der Waals surface area contributed by atoms with Crippen molar-refractivity contribution >= 4 is 38.9 Å². The molecule has 66 valence electrons. The van der Waals surface area contributed by atoms with Crippen molar-refractivity contribution in [3.63, 3.8) is 0 Å². The molecule has 0 bridgehead atoms. The summed E-state index contributed by atoms with van der Waals surface area (Å²) >= 11 is 11.3. The van der Waals surface area contributed by atoms with E-state index in [2.05, 4.69) is 28.9 Å². The molecule has 1 saturated carbocycles. The number of rotatable bonds is 2. The van der Waals surface area contributed by atoms with Crippen LogP contribution in [0.4, 0.5) is 0 Å². The average molecular weight is 266 g/mol. The minimum Gasteiger partial charge on any atom is -0.127 e. The van der Waals surface area contributed by atoms with Gasteiger partial charge < -0.3 is 0 Å². The quantitative estimate of drug-likeness (QED) is 0.684. The van der Waals surface area contributed by atoms with Crippen molar-refractivity contribution in [2.75, 3.05) is 0 Å². The van der Waals surface area contributed by atoms with Gasteiger partial charge >= 0.3 is 0 Å². The third kappa shape index (κ3) is 1.57. The van der Waals surface area contributed by atoms with Crippen LogP contribution in [0.2, 0.25) is 4.34 Å². The summed E-state index contributed by atoms with van der Waals surface area (Å²) in [5.41, 5.74) is 0.494. The Balaban J connectivity index is 2.19. The summed E-state index contributed by atoms with van der Waals surface area (Å²) in [6.07, 6.45) is 2.66. The van der Waals surface area contributed by atoms with Crippen molar-refractivity contribution in [1.29, 1.82) is 0 Å². The van der Waals surface area contributed by atoms with Crippen LogP contribution in [0.3, 0.4) is 0 Å². The second-order valence-electron chi connectivity index (χ2n) is 3.66. The summed E-state index contributed by atoms with van der Waals surface area (Å²) in [5.74, 6) is 0. The van der Waals surface area contributed by atoms with Gasteiger partial charge in [-0.2, -0.15) is 0 Å². The lowest BCUT2D eigenvalue weighted by Crippen LogP contribution is -2.00. The molecule has 0 amide bonds. The van der Waals surface area contributed by atoms with Crippen LogP contribution in [-0.4, -0.2) is 0 Å². The number of alkyl halides is 1. The van der Waals surface area contributed by atoms with E-state index in [4.69, 9.17) is 11.6 Å². The van der Waals surface area contributed by atoms with E-state index in [1.807, 2.05) is 6.07 Å². The molecule has 0 N–H and O–H groups in total. The largest absolute Gasteiger partial charge is 0.127 e. The Morgan fingerprint density at radius 2 is 2.25 bits per heavy atom. The molecule has 1 aliphatic carbocycles. The summed E-state index contributed by atoms with van der Waals surface area (Å²) < 4.78 is 0.888. The molecule has 1 aliphatic rings. The van der Waals surface area contributed by atoms with E-state index >= 15 is 0 Å². The fourth-order valence-electron chi connectivity index (χ4n) is 1.26. The lowest BCUT2D eigenvalue weighted by Gasteiger charge is -2.14. The van der Waals surface area contributed by atoms with Gasteiger partial charge in [-0.25, -0.2) is 0 Å². The molecule has 1 fully saturated rings. The molecule has 2 rings (SSSR count). The summed E-state index contributed by atoms with van der Waals surface area (Å²) in [6.45, 7) is 2.32. The molecule has 1 unspecified atom stereocenters. The predicted octanol–water partition coefficient (Wildman–Crippen LogP) is 4.64. The van der Waals surface area contributed by atoms with E-state index in [1.165, 1.54) is 17.7 Å². The Hall–Kier alpha value is 0.470. The molecule has 0 nitrogen and oxygen atoms in total. The molecule has 3 heteroatoms. The summed E-state index contributed by atoms with van der Waals surface area (Å²) in [5, 5.41) is 0. The van der Waals surface area contributed by atoms with Crippen molar-refractivity contribution in [1.82, 2.24) is 0 Å². The molecule has 12 heavy (non-hydrogen) atoms. The standard InChI is InChI=1S/C9H10BrClS/c1-9(4-5-9)8(10)6-2-3-7(11)12-6/h2-3,8H,4-5H2,1H3. The molecule has 0 saturated heterocycles. The van der Waals surface area contributed by atoms with Crippen molar-refractivity contribution in [2.45, 2.75) is 24.6 Å². The van der Waals surface area contributed by atoms with Crippen molar-refractivity contribution in [3.8, 4) is 0 Å². The number of hydrogen-bond acceptors (Lipinski definition) is 1. The van der Waals surface area contributed by atoms with E-state index in [-0.39, 0.29) is 0 Å². The summed E-state index contributed by atoms with van der Waals surface area (Å²) in [6, 6.07) is 4.09. The zero-order valence-electron chi connectivity index (χ0n) is 6.81. The number of thiophene rings is 1. The van der Waals surface area contributed by atoms with Gasteiger partial charge in [0, 0.05) is 4.88 Å². The molecule has 0 aromatic carbocycles. The van der Waals surface area contributed by atoms with Gasteiger partial charge in [0.05, 0.1) is 9.16 Å². The SMILES string of the molecule is CC1(C(Br)c2ccc(Cl)s2)CC1. The Morgan fingerprint density at radius 3 is 2.67 bits per heavy atom. The topological polar surface area (TPSA) is 0 Å². The molecule has 0 aliphatic heterocycles. The van der Waals surface area contributed by atoms with E-state index in [0.717, 1.165) is 4.34 Å². The van der Waals surface area contributed by atoms with Crippen LogP contribution in [0, 0.1) is 5.41 Å². The maximum atomic E-state index is 5.87. The minimum absolute atomic E-state index is 0.494. The molecular formula is C9H10BrClS. The lowest BCUT2D eigenvalue weighted by molar-refractivity contribution is 0.570. The first-order chi connectivity index (χ1) is 5.62. The first-order valence-electron chi connectivity index (χ1n) is 4.01. The molecule has 1 aromatic rings. The van der Waals surface area contributed by atoms with Crippen LogP contribution in [0.1, 0.15) is 29.5 Å². The first-order valence-corrected chi connectivity index (χ1v) is 6.12. The van der Waals surface area contributed by atoms with Crippen LogP contribution in [-0.2, 0) is 0 Å². The third-order valence-corrected chi connectivity index (χ3v) is 5.69. The van der Waals surface area contributed by atoms with Crippen molar-refractivity contribution in [2.24, 2.45) is 5.41 Å². The van der Waals surface area contributed by atoms with Gasteiger partial charge in [0.25, 0.3) is 0 Å². The molecule has 1 aromatic heterocycles. The second kappa shape index (κ2) is 3.00. The first kappa shape index (κ1) is 9.04. The maximum absolute atomic E-state index is 5.87. The van der Waals surface area contributed by atoms with Gasteiger partial charge in [-0.05, 0) is 30.4 Å². The molecule has 1 heterocycles. The molecule has 0 spiro atoms. The number of hydrogen-bond donors (Lipinski definition) is 0. The van der Waals surface area contributed by atoms with Crippen molar-refractivity contribution < 1.29 is 0 Å². The van der Waals surface area contributed by atoms with Crippen LogP contribution in [0.5, 0.6) is 0 Å². The molecule has 1 atom stereocenters. The van der Waals surface area contributed by atoms with E-state index < -0.39 is 0 Å². The van der Waals surface area contributed by atoms with Gasteiger partial charge in [-0.3, -0.25) is 0 Å². The van der Waals surface area contributed by atoms with Crippen LogP contribution in [0.15, 0.2) is 12.1 Å². The fraction of sp³-hybridized carbons (Fsp3) is 0.556. The molecular weight excluding hydrogens is 256 g/mol. The monoisotopic (exact) mass is 264 g/mol. The van der Waals surface area contributed by atoms with Gasteiger partial charge in [0.2, 0.25) is 0 Å².